The van der Waals surface area contributed by atoms with E-state index in [1.165, 1.54) is 43.2 Å². The molecular weight excluding hydrogens is 422 g/mol. The fraction of sp³-hybridized carbons (Fsp3) is 0.655. The number of piperidine rings is 1. The maximum atomic E-state index is 13.6. The van der Waals surface area contributed by atoms with Crippen LogP contribution in [-0.4, -0.2) is 41.9 Å². The van der Waals surface area contributed by atoms with Gasteiger partial charge in [0, 0.05) is 18.5 Å². The third-order valence-electron chi connectivity index (χ3n) is 8.77. The second kappa shape index (κ2) is 11.1. The van der Waals surface area contributed by atoms with E-state index < -0.39 is 12.1 Å². The van der Waals surface area contributed by atoms with Gasteiger partial charge in [0.2, 0.25) is 11.8 Å². The molecule has 5 nitrogen and oxygen atoms in total. The Hall–Kier alpha value is -2.14. The monoisotopic (exact) mass is 465 g/mol. The van der Waals surface area contributed by atoms with Crippen molar-refractivity contribution in [1.82, 2.24) is 10.2 Å². The van der Waals surface area contributed by atoms with Crippen molar-refractivity contribution in [3.8, 4) is 0 Å². The molecule has 5 heteroatoms. The minimum Gasteiger partial charge on any atom is -0.343 e. The van der Waals surface area contributed by atoms with E-state index in [0.29, 0.717) is 25.4 Å². The van der Waals surface area contributed by atoms with Crippen molar-refractivity contribution < 1.29 is 9.59 Å². The number of nitrogens with one attached hydrogen (secondary N) is 1. The Balaban J connectivity index is 1.34. The first-order valence-electron chi connectivity index (χ1n) is 13.6. The Morgan fingerprint density at radius 2 is 1.85 bits per heavy atom. The largest absolute Gasteiger partial charge is 0.343 e. The fourth-order valence-corrected chi connectivity index (χ4v) is 6.16. The van der Waals surface area contributed by atoms with E-state index in [0.717, 1.165) is 25.7 Å². The molecule has 3 aliphatic rings. The Labute approximate surface area is 205 Å². The molecule has 2 amide bonds. The SMILES string of the molecule is CC[C@H](C)[C@H](NC(=O)[C@@H](N)CCC1CCCCC1)C(=O)N1CCC2(C=Cc3ccccc32)CC1. The zero-order valence-corrected chi connectivity index (χ0v) is 21.1. The number of carbonyl (C=O) groups excluding carboxylic acids is 2. The molecule has 4 rings (SSSR count). The van der Waals surface area contributed by atoms with E-state index in [4.69, 9.17) is 5.73 Å². The maximum absolute atomic E-state index is 13.6. The van der Waals surface area contributed by atoms with Crippen LogP contribution in [0.4, 0.5) is 0 Å². The Kier molecular flexibility index (Phi) is 8.13. The van der Waals surface area contributed by atoms with Crippen LogP contribution in [0.15, 0.2) is 30.3 Å². The van der Waals surface area contributed by atoms with Gasteiger partial charge in [-0.15, -0.1) is 0 Å². The highest BCUT2D eigenvalue weighted by molar-refractivity contribution is 5.90. The van der Waals surface area contributed by atoms with Crippen LogP contribution in [0.2, 0.25) is 0 Å². The number of allylic oxidation sites excluding steroid dienone is 1. The molecule has 1 saturated heterocycles. The van der Waals surface area contributed by atoms with Crippen LogP contribution in [0.1, 0.15) is 89.2 Å². The highest BCUT2D eigenvalue weighted by Gasteiger charge is 2.40. The third-order valence-corrected chi connectivity index (χ3v) is 8.77. The lowest BCUT2D eigenvalue weighted by atomic mass is 9.74. The van der Waals surface area contributed by atoms with Gasteiger partial charge in [-0.25, -0.2) is 0 Å². The zero-order valence-electron chi connectivity index (χ0n) is 21.1. The zero-order chi connectivity index (χ0) is 24.1. The van der Waals surface area contributed by atoms with E-state index in [-0.39, 0.29) is 23.1 Å². The summed E-state index contributed by atoms with van der Waals surface area (Å²) in [5.41, 5.74) is 9.01. The molecule has 1 aromatic carbocycles. The highest BCUT2D eigenvalue weighted by atomic mass is 16.2. The predicted molar refractivity (Wildman–Crippen MR) is 138 cm³/mol. The molecule has 2 fully saturated rings. The number of nitrogens with two attached hydrogens (primary N) is 1. The van der Waals surface area contributed by atoms with Gasteiger partial charge in [0.15, 0.2) is 0 Å². The molecule has 0 radical (unpaired) electrons. The highest BCUT2D eigenvalue weighted by Crippen LogP contribution is 2.43. The quantitative estimate of drug-likeness (QED) is 0.579. The van der Waals surface area contributed by atoms with Crippen LogP contribution in [0.5, 0.6) is 0 Å². The van der Waals surface area contributed by atoms with Crippen molar-refractivity contribution in [1.29, 1.82) is 0 Å². The van der Waals surface area contributed by atoms with Crippen molar-refractivity contribution in [2.45, 2.75) is 95.6 Å². The smallest absolute Gasteiger partial charge is 0.245 e. The maximum Gasteiger partial charge on any atom is 0.245 e. The van der Waals surface area contributed by atoms with E-state index in [9.17, 15) is 9.59 Å². The van der Waals surface area contributed by atoms with E-state index >= 15 is 0 Å². The number of amides is 2. The van der Waals surface area contributed by atoms with Gasteiger partial charge in [0.25, 0.3) is 0 Å². The number of benzene rings is 1. The van der Waals surface area contributed by atoms with Crippen LogP contribution in [-0.2, 0) is 15.0 Å². The Morgan fingerprint density at radius 1 is 1.15 bits per heavy atom. The molecule has 3 atom stereocenters. The average Bonchev–Trinajstić information content (AvgIpc) is 3.23. The average molecular weight is 466 g/mol. The number of carbonyl (C=O) groups is 2. The number of rotatable bonds is 8. The molecule has 0 aromatic heterocycles. The molecule has 0 unspecified atom stereocenters. The number of hydrogen-bond acceptors (Lipinski definition) is 3. The van der Waals surface area contributed by atoms with Crippen molar-refractivity contribution in [2.24, 2.45) is 17.6 Å². The topological polar surface area (TPSA) is 75.4 Å². The van der Waals surface area contributed by atoms with Gasteiger partial charge >= 0.3 is 0 Å². The minimum atomic E-state index is -0.536. The Bertz CT molecular complexity index is 881. The summed E-state index contributed by atoms with van der Waals surface area (Å²) in [7, 11) is 0. The lowest BCUT2D eigenvalue weighted by molar-refractivity contribution is -0.139. The molecule has 186 valence electrons. The fourth-order valence-electron chi connectivity index (χ4n) is 6.16. The first-order chi connectivity index (χ1) is 16.4. The van der Waals surface area contributed by atoms with Crippen molar-refractivity contribution in [3.63, 3.8) is 0 Å². The molecule has 1 aliphatic heterocycles. The van der Waals surface area contributed by atoms with E-state index in [2.05, 4.69) is 55.6 Å². The van der Waals surface area contributed by atoms with Crippen LogP contribution < -0.4 is 11.1 Å². The molecule has 1 aromatic rings. The van der Waals surface area contributed by atoms with Crippen molar-refractivity contribution in [2.75, 3.05) is 13.1 Å². The second-order valence-corrected chi connectivity index (χ2v) is 11.0. The summed E-state index contributed by atoms with van der Waals surface area (Å²) >= 11 is 0. The van der Waals surface area contributed by atoms with Gasteiger partial charge in [-0.1, -0.05) is 88.8 Å². The summed E-state index contributed by atoms with van der Waals surface area (Å²) in [4.78, 5) is 28.5. The third kappa shape index (κ3) is 5.40. The van der Waals surface area contributed by atoms with E-state index in [1.54, 1.807) is 0 Å². The molecule has 1 saturated carbocycles. The van der Waals surface area contributed by atoms with Crippen LogP contribution in [0.25, 0.3) is 6.08 Å². The molecule has 0 bridgehead atoms. The van der Waals surface area contributed by atoms with Crippen LogP contribution in [0, 0.1) is 11.8 Å². The molecule has 1 heterocycles. The summed E-state index contributed by atoms with van der Waals surface area (Å²) in [5.74, 6) is 0.655. The number of nitrogens with zero attached hydrogens (tertiary/aromatic N) is 1. The van der Waals surface area contributed by atoms with Crippen LogP contribution >= 0.6 is 0 Å². The normalized spacial score (nSPS) is 22.3. The van der Waals surface area contributed by atoms with Gasteiger partial charge < -0.3 is 16.0 Å². The molecule has 1 spiro atoms. The molecule has 34 heavy (non-hydrogen) atoms. The van der Waals surface area contributed by atoms with Gasteiger partial charge in [-0.2, -0.15) is 0 Å². The van der Waals surface area contributed by atoms with Gasteiger partial charge in [0.05, 0.1) is 6.04 Å². The summed E-state index contributed by atoms with van der Waals surface area (Å²) in [6.45, 7) is 5.56. The first kappa shape index (κ1) is 25.0. The Morgan fingerprint density at radius 3 is 2.56 bits per heavy atom. The molecule has 3 N–H and O–H groups in total. The lowest BCUT2D eigenvalue weighted by Crippen LogP contribution is -2.57. The summed E-state index contributed by atoms with van der Waals surface area (Å²) in [6, 6.07) is 7.55. The first-order valence-corrected chi connectivity index (χ1v) is 13.6. The van der Waals surface area contributed by atoms with Crippen molar-refractivity contribution >= 4 is 17.9 Å². The second-order valence-electron chi connectivity index (χ2n) is 11.0. The number of fused-ring (bicyclic) bond motifs is 2. The lowest BCUT2D eigenvalue weighted by Gasteiger charge is -2.41. The van der Waals surface area contributed by atoms with Gasteiger partial charge in [0.1, 0.15) is 6.04 Å². The van der Waals surface area contributed by atoms with E-state index in [1.807, 2.05) is 4.90 Å². The minimum absolute atomic E-state index is 0.0456. The predicted octanol–water partition coefficient (Wildman–Crippen LogP) is 4.79. The standard InChI is InChI=1S/C29H43N3O2/c1-3-21(2)26(31-27(33)25(30)14-13-22-9-5-4-6-10-22)28(34)32-19-17-29(18-20-32)16-15-23-11-7-8-12-24(23)29/h7-8,11-12,15-16,21-22,25-26H,3-6,9-10,13-14,17-20,30H2,1-2H3,(H,31,33)/t21-,25-,26-/m0/s1. The van der Waals surface area contributed by atoms with Gasteiger partial charge in [-0.3, -0.25) is 9.59 Å². The van der Waals surface area contributed by atoms with Crippen molar-refractivity contribution in [3.05, 3.63) is 41.5 Å². The van der Waals surface area contributed by atoms with Gasteiger partial charge in [-0.05, 0) is 48.6 Å². The number of hydrogen-bond donors (Lipinski definition) is 2. The summed E-state index contributed by atoms with van der Waals surface area (Å²) in [5, 5.41) is 3.06. The summed E-state index contributed by atoms with van der Waals surface area (Å²) in [6.07, 6.45) is 15.4. The number of likely N-dealkylation sites (tertiary alicyclic amines) is 1. The van der Waals surface area contributed by atoms with Crippen LogP contribution in [0.3, 0.4) is 0 Å². The molecular formula is C29H43N3O2. The summed E-state index contributed by atoms with van der Waals surface area (Å²) < 4.78 is 0. The molecule has 2 aliphatic carbocycles.